The molecule has 1 heterocycles. The summed E-state index contributed by atoms with van der Waals surface area (Å²) in [6.07, 6.45) is 12.0. The van der Waals surface area contributed by atoms with Crippen molar-refractivity contribution in [3.8, 4) is 0 Å². The van der Waals surface area contributed by atoms with Crippen LogP contribution in [0.1, 0.15) is 101 Å². The number of nitrogens with one attached hydrogen (secondary N) is 1. The smallest absolute Gasteiger partial charge is 0.0490 e. The molecular formula is C46H75N5S3. The molecule has 4 rings (SSSR count). The van der Waals surface area contributed by atoms with Crippen molar-refractivity contribution >= 4 is 44.8 Å². The topological polar surface area (TPSA) is 47.8 Å². The molecule has 2 fully saturated rings. The van der Waals surface area contributed by atoms with Crippen LogP contribution in [0.3, 0.4) is 0 Å². The van der Waals surface area contributed by atoms with Crippen LogP contribution in [0.4, 0.5) is 0 Å². The molecule has 1 aliphatic carbocycles. The number of benzene rings is 2. The van der Waals surface area contributed by atoms with Gasteiger partial charge in [0.05, 0.1) is 0 Å². The molecule has 2 aromatic rings. The van der Waals surface area contributed by atoms with Gasteiger partial charge in [-0.3, -0.25) is 10.1 Å². The molecule has 3 N–H and O–H groups in total. The summed E-state index contributed by atoms with van der Waals surface area (Å²) < 4.78 is 4.51. The van der Waals surface area contributed by atoms with E-state index in [0.29, 0.717) is 30.1 Å². The fraction of sp³-hybridized carbons (Fsp3) is 0.522. The number of hydrazine groups is 1. The van der Waals surface area contributed by atoms with Crippen LogP contribution in [0, 0.1) is 26.7 Å². The third kappa shape index (κ3) is 14.3. The molecule has 0 aromatic heterocycles. The fourth-order valence-corrected chi connectivity index (χ4v) is 11.2. The second-order valence-electron chi connectivity index (χ2n) is 14.9. The van der Waals surface area contributed by atoms with Gasteiger partial charge in [0, 0.05) is 47.9 Å². The zero-order valence-corrected chi connectivity index (χ0v) is 37.7. The summed E-state index contributed by atoms with van der Waals surface area (Å²) >= 11 is 3.45. The van der Waals surface area contributed by atoms with E-state index in [9.17, 15) is 0 Å². The second-order valence-corrected chi connectivity index (χ2v) is 20.0. The van der Waals surface area contributed by atoms with Crippen molar-refractivity contribution in [2.45, 2.75) is 135 Å². The molecule has 0 bridgehead atoms. The number of hydrogen-bond acceptors (Lipinski definition) is 7. The normalized spacial score (nSPS) is 20.3. The monoisotopic (exact) mass is 794 g/mol. The summed E-state index contributed by atoms with van der Waals surface area (Å²) in [6.45, 7) is 35.1. The van der Waals surface area contributed by atoms with Gasteiger partial charge < -0.3 is 10.2 Å². The van der Waals surface area contributed by atoms with E-state index in [4.69, 9.17) is 5.84 Å². The highest BCUT2D eigenvalue weighted by molar-refractivity contribution is 8.25. The molecule has 1 saturated heterocycles. The molecule has 54 heavy (non-hydrogen) atoms. The SMILES string of the molecule is C=CN1C(C)CCC1CN(CC)S(=C)(=C)Cc1ccccc1.C=CNC(C(=C)C)C1CCC(N(N)Sc2c(C)cc(CC)c(C)c2C)CC1.C=CSCC. The summed E-state index contributed by atoms with van der Waals surface area (Å²) in [5, 5.41) is 5.23. The lowest BCUT2D eigenvalue weighted by molar-refractivity contribution is 0.211. The Hall–Kier alpha value is -2.33. The van der Waals surface area contributed by atoms with Crippen molar-refractivity contribution in [3.05, 3.63) is 114 Å². The highest BCUT2D eigenvalue weighted by Gasteiger charge is 2.31. The Balaban J connectivity index is 0.000000337. The van der Waals surface area contributed by atoms with Crippen molar-refractivity contribution in [3.63, 3.8) is 0 Å². The maximum absolute atomic E-state index is 6.53. The maximum Gasteiger partial charge on any atom is 0.0490 e. The third-order valence-corrected chi connectivity index (χ3v) is 15.3. The van der Waals surface area contributed by atoms with Crippen LogP contribution in [-0.2, 0) is 12.2 Å². The molecule has 1 saturated carbocycles. The molecule has 302 valence electrons. The minimum absolute atomic E-state index is 0.330. The van der Waals surface area contributed by atoms with Crippen LogP contribution in [0.5, 0.6) is 0 Å². The van der Waals surface area contributed by atoms with Gasteiger partial charge in [0.2, 0.25) is 0 Å². The number of hydrogen-bond donors (Lipinski definition) is 2. The minimum Gasteiger partial charge on any atom is -0.385 e. The highest BCUT2D eigenvalue weighted by atomic mass is 32.2. The van der Waals surface area contributed by atoms with Crippen molar-refractivity contribution in [1.29, 1.82) is 0 Å². The van der Waals surface area contributed by atoms with Crippen LogP contribution in [0.15, 0.2) is 91.0 Å². The largest absolute Gasteiger partial charge is 0.385 e. The Labute approximate surface area is 341 Å². The predicted octanol–water partition coefficient (Wildman–Crippen LogP) is 11.6. The van der Waals surface area contributed by atoms with Crippen LogP contribution in [-0.4, -0.2) is 68.4 Å². The molecule has 8 heteroatoms. The second kappa shape index (κ2) is 24.3. The number of thioether (sulfide) groups is 1. The van der Waals surface area contributed by atoms with Gasteiger partial charge in [-0.15, -0.1) is 11.8 Å². The molecule has 5 nitrogen and oxygen atoms in total. The van der Waals surface area contributed by atoms with Crippen LogP contribution in [0.2, 0.25) is 0 Å². The van der Waals surface area contributed by atoms with E-state index in [1.54, 1.807) is 29.9 Å². The number of likely N-dealkylation sites (tertiary alicyclic amines) is 1. The predicted molar refractivity (Wildman–Crippen MR) is 252 cm³/mol. The van der Waals surface area contributed by atoms with Crippen molar-refractivity contribution in [2.75, 3.05) is 18.8 Å². The molecule has 0 radical (unpaired) electrons. The van der Waals surface area contributed by atoms with Gasteiger partial charge in [-0.05, 0) is 149 Å². The fourth-order valence-electron chi connectivity index (χ4n) is 7.82. The summed E-state index contributed by atoms with van der Waals surface area (Å²) in [4.78, 5) is 3.74. The number of rotatable bonds is 17. The number of likely N-dealkylation sites (N-methyl/N-ethyl adjacent to an activating group) is 1. The zero-order valence-electron chi connectivity index (χ0n) is 35.2. The first-order valence-corrected chi connectivity index (χ1v) is 23.8. The molecule has 3 atom stereocenters. The van der Waals surface area contributed by atoms with Gasteiger partial charge in [0.25, 0.3) is 0 Å². The average molecular weight is 794 g/mol. The molecule has 2 aromatic carbocycles. The first-order valence-electron chi connectivity index (χ1n) is 19.9. The third-order valence-electron chi connectivity index (χ3n) is 11.0. The van der Waals surface area contributed by atoms with E-state index >= 15 is 0 Å². The molecular weight excluding hydrogens is 719 g/mol. The lowest BCUT2D eigenvalue weighted by Gasteiger charge is -2.37. The van der Waals surface area contributed by atoms with Crippen molar-refractivity contribution in [2.24, 2.45) is 11.8 Å². The van der Waals surface area contributed by atoms with Crippen LogP contribution in [0.25, 0.3) is 0 Å². The van der Waals surface area contributed by atoms with E-state index in [-0.39, 0.29) is 0 Å². The standard InChI is InChI=1S/C23H37N3S.C19H30N2S.C4H8S/c1-8-19-14-16(5)23(18(7)17(19)6)27-26(24)21-12-10-20(11-13-21)22(15(3)4)25-9-2;1-6-20(15-19-14-13-17(3)21(19)7-2)22(4,5)16-18-11-9-8-10-12-18;1-3-5-4-2/h9,14,20-22,25H,2-3,8,10-13,24H2,1,4-7H3;7-12,17,19H,2,4-6,13-16H2,1,3H3;3H,1,4H2,2H3. The van der Waals surface area contributed by atoms with Gasteiger partial charge >= 0.3 is 0 Å². The maximum atomic E-state index is 6.53. The Bertz CT molecular complexity index is 1560. The summed E-state index contributed by atoms with van der Waals surface area (Å²) in [5.74, 6) is 18.2. The summed E-state index contributed by atoms with van der Waals surface area (Å²) in [7, 11) is -1.29. The van der Waals surface area contributed by atoms with E-state index < -0.39 is 9.39 Å². The van der Waals surface area contributed by atoms with Gasteiger partial charge in [0.1, 0.15) is 0 Å². The molecule has 2 aliphatic rings. The van der Waals surface area contributed by atoms with E-state index in [1.165, 1.54) is 64.0 Å². The quantitative estimate of drug-likeness (QED) is 0.0544. The number of aryl methyl sites for hydroxylation is 2. The number of nitrogens with zero attached hydrogens (tertiary/aromatic N) is 3. The average Bonchev–Trinajstić information content (AvgIpc) is 3.52. The Morgan fingerprint density at radius 1 is 1.00 bits per heavy atom. The zero-order chi connectivity index (χ0) is 40.4. The highest BCUT2D eigenvalue weighted by Crippen LogP contribution is 2.38. The van der Waals surface area contributed by atoms with Gasteiger partial charge in [-0.2, -0.15) is 13.8 Å². The Morgan fingerprint density at radius 3 is 2.15 bits per heavy atom. The molecule has 0 spiro atoms. The Kier molecular flexibility index (Phi) is 21.6. The van der Waals surface area contributed by atoms with E-state index in [1.807, 2.05) is 16.0 Å². The van der Waals surface area contributed by atoms with Gasteiger partial charge in [0.15, 0.2) is 0 Å². The van der Waals surface area contributed by atoms with Crippen LogP contribution < -0.4 is 11.2 Å². The van der Waals surface area contributed by atoms with Crippen molar-refractivity contribution in [1.82, 2.24) is 18.9 Å². The molecule has 3 unspecified atom stereocenters. The Morgan fingerprint density at radius 2 is 1.65 bits per heavy atom. The number of nitrogens with two attached hydrogens (primary N) is 1. The minimum atomic E-state index is -1.29. The first-order chi connectivity index (χ1) is 25.7. The summed E-state index contributed by atoms with van der Waals surface area (Å²) in [5.41, 5.74) is 8.08. The lowest BCUT2D eigenvalue weighted by Crippen LogP contribution is -2.42. The van der Waals surface area contributed by atoms with E-state index in [0.717, 1.165) is 43.9 Å². The molecule has 0 amide bonds. The van der Waals surface area contributed by atoms with Crippen LogP contribution >= 0.6 is 33.1 Å². The van der Waals surface area contributed by atoms with Gasteiger partial charge in [-0.1, -0.05) is 101 Å². The molecule has 1 aliphatic heterocycles. The first kappa shape index (κ1) is 47.8. The van der Waals surface area contributed by atoms with Crippen molar-refractivity contribution < 1.29 is 0 Å². The van der Waals surface area contributed by atoms with E-state index in [2.05, 4.69) is 144 Å². The lowest BCUT2D eigenvalue weighted by atomic mass is 9.80. The summed E-state index contributed by atoms with van der Waals surface area (Å²) in [6, 6.07) is 14.9. The van der Waals surface area contributed by atoms with Gasteiger partial charge in [-0.25, -0.2) is 0 Å².